The first-order valence-electron chi connectivity index (χ1n) is 5.68. The number of rotatable bonds is 7. The van der Waals surface area contributed by atoms with Crippen LogP contribution >= 0.6 is 34.4 Å². The van der Waals surface area contributed by atoms with Crippen LogP contribution in [0, 0.1) is 0 Å². The summed E-state index contributed by atoms with van der Waals surface area (Å²) in [6, 6.07) is 9.74. The van der Waals surface area contributed by atoms with Gasteiger partial charge in [0.2, 0.25) is 5.89 Å². The number of hydrogen-bond donors (Lipinski definition) is 1. The van der Waals surface area contributed by atoms with Gasteiger partial charge in [-0.3, -0.25) is 0 Å². The minimum Gasteiger partial charge on any atom is -0.492 e. The Morgan fingerprint density at radius 2 is 2.21 bits per heavy atom. The molecule has 102 valence electrons. The Morgan fingerprint density at radius 3 is 2.89 bits per heavy atom. The Labute approximate surface area is 128 Å². The van der Waals surface area contributed by atoms with E-state index in [2.05, 4.69) is 32.8 Å². The van der Waals surface area contributed by atoms with Crippen molar-refractivity contribution in [3.8, 4) is 5.75 Å². The van der Waals surface area contributed by atoms with Gasteiger partial charge in [0.1, 0.15) is 12.4 Å². The Kier molecular flexibility index (Phi) is 5.77. The largest absolute Gasteiger partial charge is 0.492 e. The summed E-state index contributed by atoms with van der Waals surface area (Å²) in [5.41, 5.74) is 0. The van der Waals surface area contributed by atoms with E-state index in [0.29, 0.717) is 22.2 Å². The first-order chi connectivity index (χ1) is 9.24. The molecule has 0 radical (unpaired) electrons. The second kappa shape index (κ2) is 7.59. The molecule has 1 atom stereocenters. The van der Waals surface area contributed by atoms with Crippen molar-refractivity contribution in [1.82, 2.24) is 10.2 Å². The van der Waals surface area contributed by atoms with Gasteiger partial charge in [-0.25, -0.2) is 9.89 Å². The maximum absolute atomic E-state index is 10.7. The van der Waals surface area contributed by atoms with Crippen molar-refractivity contribution in [1.29, 1.82) is 0 Å². The molecular weight excluding hydrogens is 379 g/mol. The highest BCUT2D eigenvalue weighted by Gasteiger charge is 2.07. The summed E-state index contributed by atoms with van der Waals surface area (Å²) >= 11 is 4.01. The van der Waals surface area contributed by atoms with Gasteiger partial charge < -0.3 is 9.15 Å². The van der Waals surface area contributed by atoms with Crippen molar-refractivity contribution in [2.24, 2.45) is 0 Å². The van der Waals surface area contributed by atoms with Crippen LogP contribution in [0.15, 0.2) is 39.5 Å². The van der Waals surface area contributed by atoms with Crippen LogP contribution in [0.2, 0.25) is 0 Å². The number of halogens is 1. The van der Waals surface area contributed by atoms with E-state index in [0.717, 1.165) is 11.5 Å². The molecule has 5 nitrogen and oxygen atoms in total. The maximum atomic E-state index is 10.7. The zero-order valence-corrected chi connectivity index (χ0v) is 13.0. The van der Waals surface area contributed by atoms with E-state index in [9.17, 15) is 4.79 Å². The normalized spacial score (nSPS) is 12.3. The first-order valence-corrected chi connectivity index (χ1v) is 8.08. The quantitative estimate of drug-likeness (QED) is 0.579. The van der Waals surface area contributed by atoms with E-state index in [4.69, 9.17) is 9.15 Å². The summed E-state index contributed by atoms with van der Waals surface area (Å²) in [6.45, 7) is 0.655. The van der Waals surface area contributed by atoms with Crippen LogP contribution in [0.4, 0.5) is 0 Å². The van der Waals surface area contributed by atoms with E-state index in [1.807, 2.05) is 30.3 Å². The number of nitrogens with zero attached hydrogens (tertiary/aromatic N) is 1. The molecule has 1 aromatic heterocycles. The molecule has 0 amide bonds. The highest BCUT2D eigenvalue weighted by atomic mass is 127. The van der Waals surface area contributed by atoms with Crippen molar-refractivity contribution in [3.63, 3.8) is 0 Å². The number of nitrogens with one attached hydrogen (secondary N) is 1. The predicted molar refractivity (Wildman–Crippen MR) is 83.0 cm³/mol. The van der Waals surface area contributed by atoms with Crippen LogP contribution < -0.4 is 10.5 Å². The number of benzene rings is 1. The second-order valence-electron chi connectivity index (χ2n) is 3.74. The van der Waals surface area contributed by atoms with Crippen LogP contribution in [-0.4, -0.2) is 26.5 Å². The first kappa shape index (κ1) is 14.4. The van der Waals surface area contributed by atoms with Crippen LogP contribution in [0.5, 0.6) is 5.75 Å². The average molecular weight is 392 g/mol. The number of aromatic nitrogens is 2. The summed E-state index contributed by atoms with van der Waals surface area (Å²) in [4.78, 5) is 10.7. The lowest BCUT2D eigenvalue weighted by Crippen LogP contribution is -2.13. The topological polar surface area (TPSA) is 68.1 Å². The zero-order valence-electron chi connectivity index (χ0n) is 10.0. The highest BCUT2D eigenvalue weighted by Crippen LogP contribution is 2.16. The van der Waals surface area contributed by atoms with Gasteiger partial charge in [-0.05, 0) is 12.1 Å². The van der Waals surface area contributed by atoms with Gasteiger partial charge in [0.05, 0.1) is 9.68 Å². The molecule has 0 saturated heterocycles. The van der Waals surface area contributed by atoms with E-state index in [1.54, 1.807) is 11.8 Å². The van der Waals surface area contributed by atoms with Gasteiger partial charge in [0, 0.05) is 5.75 Å². The van der Waals surface area contributed by atoms with Crippen LogP contribution in [-0.2, 0) is 5.75 Å². The fourth-order valence-electron chi connectivity index (χ4n) is 1.35. The smallest absolute Gasteiger partial charge is 0.434 e. The average Bonchev–Trinajstić information content (AvgIpc) is 2.83. The molecule has 1 N–H and O–H groups in total. The molecule has 1 heterocycles. The molecule has 0 fully saturated rings. The van der Waals surface area contributed by atoms with Crippen molar-refractivity contribution in [2.75, 3.05) is 12.4 Å². The lowest BCUT2D eigenvalue weighted by molar-refractivity contribution is 0.327. The number of hydrogen-bond acceptors (Lipinski definition) is 5. The van der Waals surface area contributed by atoms with Gasteiger partial charge >= 0.3 is 5.76 Å². The SMILES string of the molecule is O=c1[nH]nc(CSCC(I)COc2ccccc2)o1. The van der Waals surface area contributed by atoms with E-state index >= 15 is 0 Å². The fraction of sp³-hybridized carbons (Fsp3) is 0.333. The summed E-state index contributed by atoms with van der Waals surface area (Å²) < 4.78 is 10.9. The second-order valence-corrected chi connectivity index (χ2v) is 6.54. The number of aromatic amines is 1. The number of H-pyrrole nitrogens is 1. The lowest BCUT2D eigenvalue weighted by atomic mass is 10.3. The van der Waals surface area contributed by atoms with Gasteiger partial charge in [-0.2, -0.15) is 11.8 Å². The molecule has 7 heteroatoms. The standard InChI is InChI=1S/C12H13IN2O3S/c13-9(6-17-10-4-2-1-3-5-10)7-19-8-11-14-15-12(16)18-11/h1-5,9H,6-8H2,(H,15,16). The minimum atomic E-state index is -0.506. The molecule has 0 aliphatic carbocycles. The van der Waals surface area contributed by atoms with E-state index < -0.39 is 5.76 Å². The Hall–Kier alpha value is -0.960. The van der Waals surface area contributed by atoms with Crippen LogP contribution in [0.1, 0.15) is 5.89 Å². The van der Waals surface area contributed by atoms with Crippen LogP contribution in [0.25, 0.3) is 0 Å². The van der Waals surface area contributed by atoms with Crippen molar-refractivity contribution in [2.45, 2.75) is 9.68 Å². The molecule has 1 aromatic carbocycles. The third-order valence-corrected chi connectivity index (χ3v) is 4.67. The molecular formula is C12H13IN2O3S. The number of thioether (sulfide) groups is 1. The van der Waals surface area contributed by atoms with Gasteiger partial charge in [0.15, 0.2) is 0 Å². The summed E-state index contributed by atoms with van der Waals surface area (Å²) in [6.07, 6.45) is 0. The summed E-state index contributed by atoms with van der Waals surface area (Å²) in [5.74, 6) is 2.30. The molecule has 0 spiro atoms. The number of alkyl halides is 1. The van der Waals surface area contributed by atoms with Gasteiger partial charge in [-0.15, -0.1) is 5.10 Å². The van der Waals surface area contributed by atoms with Crippen molar-refractivity contribution < 1.29 is 9.15 Å². The number of ether oxygens (including phenoxy) is 1. The summed E-state index contributed by atoms with van der Waals surface area (Å²) in [5, 5.41) is 5.99. The van der Waals surface area contributed by atoms with Gasteiger partial charge in [0.25, 0.3) is 0 Å². The molecule has 1 unspecified atom stereocenters. The highest BCUT2D eigenvalue weighted by molar-refractivity contribution is 14.1. The summed E-state index contributed by atoms with van der Waals surface area (Å²) in [7, 11) is 0. The predicted octanol–water partition coefficient (Wildman–Crippen LogP) is 2.48. The molecule has 0 aliphatic rings. The molecule has 19 heavy (non-hydrogen) atoms. The van der Waals surface area contributed by atoms with Crippen LogP contribution in [0.3, 0.4) is 0 Å². The Balaban J connectivity index is 1.64. The zero-order chi connectivity index (χ0) is 13.5. The molecule has 0 aliphatic heterocycles. The Bertz CT molecular complexity index is 543. The van der Waals surface area contributed by atoms with Gasteiger partial charge in [-0.1, -0.05) is 40.8 Å². The van der Waals surface area contributed by atoms with E-state index in [-0.39, 0.29) is 0 Å². The third-order valence-electron chi connectivity index (χ3n) is 2.18. The Morgan fingerprint density at radius 1 is 1.42 bits per heavy atom. The molecule has 0 bridgehead atoms. The molecule has 2 aromatic rings. The fourth-order valence-corrected chi connectivity index (χ4v) is 3.06. The maximum Gasteiger partial charge on any atom is 0.434 e. The minimum absolute atomic E-state index is 0.383. The molecule has 0 saturated carbocycles. The van der Waals surface area contributed by atoms with Crippen molar-refractivity contribution in [3.05, 3.63) is 46.8 Å². The lowest BCUT2D eigenvalue weighted by Gasteiger charge is -2.10. The molecule has 2 rings (SSSR count). The monoisotopic (exact) mass is 392 g/mol. The number of para-hydroxylation sites is 1. The van der Waals surface area contributed by atoms with E-state index in [1.165, 1.54) is 0 Å². The van der Waals surface area contributed by atoms with Crippen molar-refractivity contribution >= 4 is 34.4 Å². The third kappa shape index (κ3) is 5.27.